The number of rotatable bonds is 1. The number of nitrogens with zero attached hydrogens (tertiary/aromatic N) is 1. The van der Waals surface area contributed by atoms with Crippen LogP contribution in [0.4, 0.5) is 0 Å². The van der Waals surface area contributed by atoms with E-state index in [0.717, 1.165) is 0 Å². The molecule has 2 rings (SSSR count). The molecular formula is C12H17NO3. The Morgan fingerprint density at radius 2 is 2.38 bits per heavy atom. The Balaban J connectivity index is 2.10. The van der Waals surface area contributed by atoms with Gasteiger partial charge in [-0.05, 0) is 18.6 Å². The highest BCUT2D eigenvalue weighted by Crippen LogP contribution is 2.29. The van der Waals surface area contributed by atoms with Crippen molar-refractivity contribution >= 4 is 5.91 Å². The zero-order valence-electron chi connectivity index (χ0n) is 9.64. The van der Waals surface area contributed by atoms with Gasteiger partial charge in [-0.3, -0.25) is 4.79 Å². The van der Waals surface area contributed by atoms with Gasteiger partial charge in [0.15, 0.2) is 5.76 Å². The summed E-state index contributed by atoms with van der Waals surface area (Å²) >= 11 is 0. The zero-order valence-corrected chi connectivity index (χ0v) is 9.64. The van der Waals surface area contributed by atoms with Crippen LogP contribution in [-0.4, -0.2) is 35.1 Å². The van der Waals surface area contributed by atoms with E-state index in [9.17, 15) is 9.90 Å². The van der Waals surface area contributed by atoms with E-state index in [1.165, 1.54) is 6.26 Å². The summed E-state index contributed by atoms with van der Waals surface area (Å²) in [5.74, 6) is 0.275. The Labute approximate surface area is 94.9 Å². The van der Waals surface area contributed by atoms with Crippen LogP contribution < -0.4 is 0 Å². The average Bonchev–Trinajstić information content (AvgIpc) is 2.74. The van der Waals surface area contributed by atoms with Gasteiger partial charge in [0.1, 0.15) is 0 Å². The lowest BCUT2D eigenvalue weighted by atomic mass is 9.81. The monoisotopic (exact) mass is 223 g/mol. The maximum atomic E-state index is 12.0. The van der Waals surface area contributed by atoms with Crippen LogP contribution in [0.1, 0.15) is 30.8 Å². The number of carbonyl (C=O) groups is 1. The highest BCUT2D eigenvalue weighted by atomic mass is 16.3. The number of carbonyl (C=O) groups excluding carboxylic acids is 1. The first-order valence-corrected chi connectivity index (χ1v) is 5.51. The molecule has 1 fully saturated rings. The third-order valence-electron chi connectivity index (χ3n) is 3.19. The molecule has 1 N–H and O–H groups in total. The minimum atomic E-state index is -0.340. The van der Waals surface area contributed by atoms with Crippen LogP contribution in [0.2, 0.25) is 0 Å². The second-order valence-corrected chi connectivity index (χ2v) is 5.00. The van der Waals surface area contributed by atoms with Crippen LogP contribution in [0.3, 0.4) is 0 Å². The third kappa shape index (κ3) is 1.97. The number of furan rings is 1. The number of likely N-dealkylation sites (tertiary alicyclic amines) is 1. The van der Waals surface area contributed by atoms with Crippen molar-refractivity contribution in [1.29, 1.82) is 0 Å². The largest absolute Gasteiger partial charge is 0.459 e. The number of hydrogen-bond acceptors (Lipinski definition) is 3. The summed E-state index contributed by atoms with van der Waals surface area (Å²) in [7, 11) is 0. The summed E-state index contributed by atoms with van der Waals surface area (Å²) in [6, 6.07) is 3.37. The number of piperidine rings is 1. The third-order valence-corrected chi connectivity index (χ3v) is 3.19. The summed E-state index contributed by atoms with van der Waals surface area (Å²) in [4.78, 5) is 13.7. The molecule has 1 saturated heterocycles. The van der Waals surface area contributed by atoms with Crippen molar-refractivity contribution in [2.24, 2.45) is 5.41 Å². The first-order valence-electron chi connectivity index (χ1n) is 5.51. The van der Waals surface area contributed by atoms with E-state index in [-0.39, 0.29) is 17.4 Å². The first-order chi connectivity index (χ1) is 7.50. The Morgan fingerprint density at radius 1 is 1.62 bits per heavy atom. The lowest BCUT2D eigenvalue weighted by molar-refractivity contribution is -0.0191. The van der Waals surface area contributed by atoms with Crippen molar-refractivity contribution in [3.63, 3.8) is 0 Å². The molecule has 88 valence electrons. The summed E-state index contributed by atoms with van der Waals surface area (Å²) in [6.07, 6.45) is 1.78. The molecular weight excluding hydrogens is 206 g/mol. The molecule has 4 heteroatoms. The summed E-state index contributed by atoms with van der Waals surface area (Å²) in [5.41, 5.74) is -0.250. The second-order valence-electron chi connectivity index (χ2n) is 5.00. The van der Waals surface area contributed by atoms with Crippen LogP contribution >= 0.6 is 0 Å². The number of hydrogen-bond donors (Lipinski definition) is 1. The van der Waals surface area contributed by atoms with E-state index < -0.39 is 0 Å². The second kappa shape index (κ2) is 3.94. The minimum absolute atomic E-state index is 0.0926. The molecule has 1 aromatic rings. The Bertz CT molecular complexity index is 370. The normalized spacial score (nSPS) is 24.4. The Morgan fingerprint density at radius 3 is 2.94 bits per heavy atom. The highest BCUT2D eigenvalue weighted by molar-refractivity contribution is 5.91. The molecule has 0 aromatic carbocycles. The molecule has 0 spiro atoms. The van der Waals surface area contributed by atoms with Gasteiger partial charge in [-0.2, -0.15) is 0 Å². The van der Waals surface area contributed by atoms with Gasteiger partial charge in [-0.15, -0.1) is 0 Å². The van der Waals surface area contributed by atoms with Gasteiger partial charge in [0.25, 0.3) is 5.91 Å². The molecule has 2 heterocycles. The van der Waals surface area contributed by atoms with Gasteiger partial charge in [-0.25, -0.2) is 0 Å². The SMILES string of the molecule is CC1(C)CN(C(=O)c2ccco2)CCC1O. The van der Waals surface area contributed by atoms with Gasteiger partial charge in [0.05, 0.1) is 12.4 Å². The van der Waals surface area contributed by atoms with Crippen molar-refractivity contribution in [2.45, 2.75) is 26.4 Å². The number of aliphatic hydroxyl groups excluding tert-OH is 1. The molecule has 1 amide bonds. The van der Waals surface area contributed by atoms with Gasteiger partial charge in [-0.1, -0.05) is 13.8 Å². The molecule has 1 atom stereocenters. The van der Waals surface area contributed by atoms with Crippen molar-refractivity contribution < 1.29 is 14.3 Å². The maximum Gasteiger partial charge on any atom is 0.289 e. The van der Waals surface area contributed by atoms with Crippen LogP contribution in [0.5, 0.6) is 0 Å². The van der Waals surface area contributed by atoms with Gasteiger partial charge in [0.2, 0.25) is 0 Å². The molecule has 1 unspecified atom stereocenters. The van der Waals surface area contributed by atoms with Crippen LogP contribution in [0.25, 0.3) is 0 Å². The molecule has 1 aliphatic rings. The molecule has 16 heavy (non-hydrogen) atoms. The minimum Gasteiger partial charge on any atom is -0.459 e. The smallest absolute Gasteiger partial charge is 0.289 e. The predicted octanol–water partition coefficient (Wildman–Crippen LogP) is 1.51. The molecule has 1 aliphatic heterocycles. The van der Waals surface area contributed by atoms with Gasteiger partial charge < -0.3 is 14.4 Å². The van der Waals surface area contributed by atoms with Crippen molar-refractivity contribution in [2.75, 3.05) is 13.1 Å². The quantitative estimate of drug-likeness (QED) is 0.785. The van der Waals surface area contributed by atoms with Crippen LogP contribution in [0.15, 0.2) is 22.8 Å². The highest BCUT2D eigenvalue weighted by Gasteiger charge is 2.37. The fraction of sp³-hybridized carbons (Fsp3) is 0.583. The van der Waals surface area contributed by atoms with E-state index in [0.29, 0.717) is 25.3 Å². The maximum absolute atomic E-state index is 12.0. The van der Waals surface area contributed by atoms with E-state index in [4.69, 9.17) is 4.42 Å². The number of amides is 1. The average molecular weight is 223 g/mol. The van der Waals surface area contributed by atoms with E-state index in [1.54, 1.807) is 17.0 Å². The first kappa shape index (κ1) is 11.2. The predicted molar refractivity (Wildman–Crippen MR) is 59.0 cm³/mol. The molecule has 0 saturated carbocycles. The van der Waals surface area contributed by atoms with Gasteiger partial charge in [0, 0.05) is 18.5 Å². The van der Waals surface area contributed by atoms with Gasteiger partial charge >= 0.3 is 0 Å². The van der Waals surface area contributed by atoms with Crippen LogP contribution in [0, 0.1) is 5.41 Å². The molecule has 0 radical (unpaired) electrons. The van der Waals surface area contributed by atoms with Crippen molar-refractivity contribution in [1.82, 2.24) is 4.90 Å². The molecule has 0 bridgehead atoms. The summed E-state index contributed by atoms with van der Waals surface area (Å²) in [6.45, 7) is 5.09. The molecule has 4 nitrogen and oxygen atoms in total. The summed E-state index contributed by atoms with van der Waals surface area (Å²) < 4.78 is 5.09. The Kier molecular flexibility index (Phi) is 2.76. The standard InChI is InChI=1S/C12H17NO3/c1-12(2)8-13(6-5-10(12)14)11(15)9-4-3-7-16-9/h3-4,7,10,14H,5-6,8H2,1-2H3. The molecule has 1 aromatic heterocycles. The Hall–Kier alpha value is -1.29. The van der Waals surface area contributed by atoms with Crippen molar-refractivity contribution in [3.05, 3.63) is 24.2 Å². The lowest BCUT2D eigenvalue weighted by Gasteiger charge is -2.41. The summed E-state index contributed by atoms with van der Waals surface area (Å²) in [5, 5.41) is 9.81. The molecule has 0 aliphatic carbocycles. The lowest BCUT2D eigenvalue weighted by Crippen LogP contribution is -2.50. The number of aliphatic hydroxyl groups is 1. The zero-order chi connectivity index (χ0) is 11.8. The van der Waals surface area contributed by atoms with E-state index >= 15 is 0 Å². The van der Waals surface area contributed by atoms with Crippen LogP contribution in [-0.2, 0) is 0 Å². The van der Waals surface area contributed by atoms with E-state index in [2.05, 4.69) is 0 Å². The van der Waals surface area contributed by atoms with Crippen molar-refractivity contribution in [3.8, 4) is 0 Å². The fourth-order valence-electron chi connectivity index (χ4n) is 2.07. The fourth-order valence-corrected chi connectivity index (χ4v) is 2.07. The topological polar surface area (TPSA) is 53.7 Å². The van der Waals surface area contributed by atoms with E-state index in [1.807, 2.05) is 13.8 Å².